The fraction of sp³-hybridized carbons (Fsp3) is 0.643. The standard InChI is InChI=1S/2C28H44O3S.Ba/c2*1-3-5-7-9-11-13-15-19-24-23-28(32(29,30)31)27-22-18-17-21-26(27)25(24)20-16-14-12-10-8-6-4-2;/h2*17-18,21-23H,3-16,19-20H2,1-2H3,(H,29,30,31);/q;;+2/p-2. The molecule has 0 N–H and O–H groups in total. The summed E-state index contributed by atoms with van der Waals surface area (Å²) in [6, 6.07) is 18.5. The molecule has 0 radical (unpaired) electrons. The molecular weight excluding hydrogens is 970 g/mol. The smallest absolute Gasteiger partial charge is 0.744 e. The van der Waals surface area contributed by atoms with Crippen LogP contribution in [0.2, 0.25) is 0 Å². The van der Waals surface area contributed by atoms with Crippen molar-refractivity contribution in [3.8, 4) is 0 Å². The van der Waals surface area contributed by atoms with E-state index in [1.54, 1.807) is 24.3 Å². The van der Waals surface area contributed by atoms with Crippen molar-refractivity contribution in [1.82, 2.24) is 0 Å². The summed E-state index contributed by atoms with van der Waals surface area (Å²) in [4.78, 5) is -0.0938. The van der Waals surface area contributed by atoms with E-state index in [2.05, 4.69) is 27.7 Å². The maximum absolute atomic E-state index is 12.0. The number of benzene rings is 4. The van der Waals surface area contributed by atoms with Gasteiger partial charge in [-0.05, 0) is 107 Å². The van der Waals surface area contributed by atoms with Gasteiger partial charge in [-0.2, -0.15) is 0 Å². The van der Waals surface area contributed by atoms with Crippen LogP contribution in [0.4, 0.5) is 0 Å². The van der Waals surface area contributed by atoms with Crippen LogP contribution in [0.5, 0.6) is 0 Å². The minimum Gasteiger partial charge on any atom is -0.744 e. The van der Waals surface area contributed by atoms with E-state index in [0.717, 1.165) is 86.1 Å². The van der Waals surface area contributed by atoms with Crippen LogP contribution >= 0.6 is 0 Å². The quantitative estimate of drug-likeness (QED) is 0.0261. The monoisotopic (exact) mass is 1060 g/mol. The third-order valence-corrected chi connectivity index (χ3v) is 14.9. The summed E-state index contributed by atoms with van der Waals surface area (Å²) >= 11 is 0. The Morgan fingerprint density at radius 3 is 0.831 bits per heavy atom. The molecule has 9 heteroatoms. The number of rotatable bonds is 34. The third-order valence-electron chi connectivity index (χ3n) is 13.1. The van der Waals surface area contributed by atoms with E-state index < -0.39 is 20.2 Å². The number of aryl methyl sites for hydroxylation is 4. The maximum atomic E-state index is 12.0. The first kappa shape index (κ1) is 59.9. The van der Waals surface area contributed by atoms with Gasteiger partial charge in [0, 0.05) is 0 Å². The van der Waals surface area contributed by atoms with Crippen LogP contribution in [0, 0.1) is 0 Å². The van der Waals surface area contributed by atoms with E-state index in [4.69, 9.17) is 0 Å². The van der Waals surface area contributed by atoms with Gasteiger partial charge in [0.1, 0.15) is 20.2 Å². The van der Waals surface area contributed by atoms with E-state index in [0.29, 0.717) is 10.8 Å². The molecular formula is C56H86BaO6S2. The largest absolute Gasteiger partial charge is 2.00 e. The second kappa shape index (κ2) is 35.0. The molecule has 0 heterocycles. The molecule has 0 saturated heterocycles. The molecule has 0 bridgehead atoms. The molecule has 4 rings (SSSR count). The Kier molecular flexibility index (Phi) is 32.2. The second-order valence-electron chi connectivity index (χ2n) is 18.5. The van der Waals surface area contributed by atoms with Crippen molar-refractivity contribution in [2.75, 3.05) is 0 Å². The fourth-order valence-electron chi connectivity index (χ4n) is 9.43. The minimum absolute atomic E-state index is 0. The molecule has 4 aromatic carbocycles. The van der Waals surface area contributed by atoms with Crippen molar-refractivity contribution in [3.05, 3.63) is 82.9 Å². The summed E-state index contributed by atoms with van der Waals surface area (Å²) in [5.74, 6) is 0. The zero-order valence-corrected chi connectivity index (χ0v) is 47.4. The molecule has 6 nitrogen and oxygen atoms in total. The van der Waals surface area contributed by atoms with Gasteiger partial charge in [-0.1, -0.05) is 230 Å². The Morgan fingerprint density at radius 2 is 0.569 bits per heavy atom. The van der Waals surface area contributed by atoms with Crippen molar-refractivity contribution in [3.63, 3.8) is 0 Å². The van der Waals surface area contributed by atoms with E-state index in [1.165, 1.54) is 152 Å². The molecule has 0 aliphatic carbocycles. The Bertz CT molecular complexity index is 1960. The van der Waals surface area contributed by atoms with Crippen molar-refractivity contribution in [2.24, 2.45) is 0 Å². The van der Waals surface area contributed by atoms with Crippen LogP contribution in [0.25, 0.3) is 21.5 Å². The predicted octanol–water partition coefficient (Wildman–Crippen LogP) is 16.3. The second-order valence-corrected chi connectivity index (χ2v) is 21.2. The average molecular weight is 1060 g/mol. The average Bonchev–Trinajstić information content (AvgIpc) is 3.27. The Morgan fingerprint density at radius 1 is 0.338 bits per heavy atom. The summed E-state index contributed by atoms with van der Waals surface area (Å²) in [7, 11) is -9.00. The van der Waals surface area contributed by atoms with Crippen LogP contribution in [0.3, 0.4) is 0 Å². The van der Waals surface area contributed by atoms with Gasteiger partial charge >= 0.3 is 48.9 Å². The van der Waals surface area contributed by atoms with E-state index >= 15 is 0 Å². The van der Waals surface area contributed by atoms with E-state index in [1.807, 2.05) is 36.4 Å². The van der Waals surface area contributed by atoms with Gasteiger partial charge in [0.2, 0.25) is 0 Å². The summed E-state index contributed by atoms with van der Waals surface area (Å²) in [6.45, 7) is 8.94. The van der Waals surface area contributed by atoms with Gasteiger partial charge in [-0.25, -0.2) is 16.8 Å². The fourth-order valence-corrected chi connectivity index (χ4v) is 10.9. The summed E-state index contributed by atoms with van der Waals surface area (Å²) in [6.07, 6.45) is 38.3. The molecule has 4 aromatic rings. The first-order valence-corrected chi connectivity index (χ1v) is 28.8. The molecule has 0 amide bonds. The van der Waals surface area contributed by atoms with Crippen molar-refractivity contribution < 1.29 is 25.9 Å². The number of unbranched alkanes of at least 4 members (excludes halogenated alkanes) is 24. The molecule has 0 fully saturated rings. The van der Waals surface area contributed by atoms with Gasteiger partial charge in [0.25, 0.3) is 0 Å². The van der Waals surface area contributed by atoms with E-state index in [9.17, 15) is 25.9 Å². The molecule has 0 saturated carbocycles. The SMILES string of the molecule is CCCCCCCCCc1cc(S(=O)(=O)[O-])c2ccccc2c1CCCCCCCCC.CCCCCCCCCc1cc(S(=O)(=O)[O-])c2ccccc2c1CCCCCCCCC.[Ba+2]. The topological polar surface area (TPSA) is 114 Å². The summed E-state index contributed by atoms with van der Waals surface area (Å²) in [5.41, 5.74) is 4.65. The third kappa shape index (κ3) is 22.8. The van der Waals surface area contributed by atoms with Crippen molar-refractivity contribution in [2.45, 2.75) is 243 Å². The first-order valence-electron chi connectivity index (χ1n) is 26.0. The van der Waals surface area contributed by atoms with Crippen LogP contribution in [-0.4, -0.2) is 74.8 Å². The Labute approximate surface area is 438 Å². The van der Waals surface area contributed by atoms with Crippen LogP contribution < -0.4 is 0 Å². The van der Waals surface area contributed by atoms with E-state index in [-0.39, 0.29) is 58.7 Å². The molecule has 65 heavy (non-hydrogen) atoms. The number of hydrogen-bond acceptors (Lipinski definition) is 6. The molecule has 0 aliphatic rings. The van der Waals surface area contributed by atoms with Crippen LogP contribution in [0.1, 0.15) is 230 Å². The summed E-state index contributed by atoms with van der Waals surface area (Å²) < 4.78 is 72.1. The molecule has 0 spiro atoms. The molecule has 0 unspecified atom stereocenters. The Balaban J connectivity index is 0.000000440. The minimum atomic E-state index is -4.50. The van der Waals surface area contributed by atoms with Gasteiger partial charge in [-0.3, -0.25) is 0 Å². The number of hydrogen-bond donors (Lipinski definition) is 0. The zero-order valence-electron chi connectivity index (χ0n) is 41.4. The van der Waals surface area contributed by atoms with Crippen LogP contribution in [0.15, 0.2) is 70.5 Å². The van der Waals surface area contributed by atoms with Crippen molar-refractivity contribution >= 4 is 90.7 Å². The van der Waals surface area contributed by atoms with Gasteiger partial charge in [0.05, 0.1) is 9.79 Å². The summed E-state index contributed by atoms with van der Waals surface area (Å²) in [5, 5.41) is 3.08. The molecule has 0 aromatic heterocycles. The predicted molar refractivity (Wildman–Crippen MR) is 276 cm³/mol. The first-order chi connectivity index (χ1) is 31.0. The Hall–Kier alpha value is -1.21. The molecule has 360 valence electrons. The molecule has 0 atom stereocenters. The zero-order chi connectivity index (χ0) is 46.5. The maximum Gasteiger partial charge on any atom is 2.00 e. The van der Waals surface area contributed by atoms with Crippen molar-refractivity contribution in [1.29, 1.82) is 0 Å². The van der Waals surface area contributed by atoms with Gasteiger partial charge in [0.15, 0.2) is 0 Å². The number of fused-ring (bicyclic) bond motifs is 2. The van der Waals surface area contributed by atoms with Gasteiger partial charge < -0.3 is 9.11 Å². The van der Waals surface area contributed by atoms with Crippen LogP contribution in [-0.2, 0) is 45.9 Å². The van der Waals surface area contributed by atoms with Gasteiger partial charge in [-0.15, -0.1) is 0 Å². The normalized spacial score (nSPS) is 11.8. The molecule has 0 aliphatic heterocycles.